The van der Waals surface area contributed by atoms with E-state index < -0.39 is 27.6 Å². The Bertz CT molecular complexity index is 1360. The lowest BCUT2D eigenvalue weighted by Gasteiger charge is -2.43. The van der Waals surface area contributed by atoms with Crippen molar-refractivity contribution in [3.05, 3.63) is 83.9 Å². The minimum absolute atomic E-state index is 0.00959. The molecule has 1 aliphatic heterocycles. The van der Waals surface area contributed by atoms with Gasteiger partial charge in [-0.2, -0.15) is 13.2 Å². The lowest BCUT2D eigenvalue weighted by molar-refractivity contribution is -0.0328. The van der Waals surface area contributed by atoms with Crippen molar-refractivity contribution >= 4 is 33.1 Å². The monoisotopic (exact) mass is 561 g/mol. The molecule has 1 aliphatic carbocycles. The number of para-hydroxylation sites is 2. The number of fused-ring (bicyclic) bond motifs is 2. The van der Waals surface area contributed by atoms with Crippen LogP contribution in [0.5, 0.6) is 0 Å². The third-order valence-electron chi connectivity index (χ3n) is 7.26. The fourth-order valence-corrected chi connectivity index (χ4v) is 7.66. The average molecular weight is 562 g/mol. The van der Waals surface area contributed by atoms with Gasteiger partial charge in [0.2, 0.25) is 0 Å². The molecule has 10 heteroatoms. The minimum Gasteiger partial charge on any atom is -0.389 e. The van der Waals surface area contributed by atoms with Crippen LogP contribution in [-0.2, 0) is 22.8 Å². The van der Waals surface area contributed by atoms with E-state index in [0.29, 0.717) is 6.42 Å². The third kappa shape index (κ3) is 5.59. The summed E-state index contributed by atoms with van der Waals surface area (Å²) in [4.78, 5) is 2.53. The highest BCUT2D eigenvalue weighted by molar-refractivity contribution is 8.00. The molecule has 4 atom stereocenters. The van der Waals surface area contributed by atoms with Gasteiger partial charge in [0, 0.05) is 29.4 Å². The second kappa shape index (κ2) is 10.9. The normalized spacial score (nSPS) is 23.1. The van der Waals surface area contributed by atoms with Crippen LogP contribution in [0.25, 0.3) is 0 Å². The number of aliphatic hydroxyl groups excluding tert-OH is 1. The van der Waals surface area contributed by atoms with Crippen molar-refractivity contribution in [2.75, 3.05) is 11.9 Å². The highest BCUT2D eigenvalue weighted by atomic mass is 32.2. The minimum atomic E-state index is -4.40. The number of benzene rings is 3. The van der Waals surface area contributed by atoms with Crippen LogP contribution in [0.2, 0.25) is 0 Å². The van der Waals surface area contributed by atoms with Gasteiger partial charge in [-0.25, -0.2) is 13.3 Å². The van der Waals surface area contributed by atoms with Gasteiger partial charge in [-0.1, -0.05) is 36.4 Å². The fraction of sp³-hybridized carbons (Fsp3) is 0.357. The van der Waals surface area contributed by atoms with Crippen LogP contribution in [-0.4, -0.2) is 40.1 Å². The van der Waals surface area contributed by atoms with Crippen molar-refractivity contribution < 1.29 is 22.5 Å². The molecule has 0 amide bonds. The number of aliphatic hydroxyl groups is 1. The van der Waals surface area contributed by atoms with Crippen LogP contribution in [0.4, 0.5) is 24.5 Å². The molecule has 0 radical (unpaired) electrons. The van der Waals surface area contributed by atoms with E-state index in [1.165, 1.54) is 42.4 Å². The largest absolute Gasteiger partial charge is 0.446 e. The fourth-order valence-electron chi connectivity index (χ4n) is 5.50. The summed E-state index contributed by atoms with van der Waals surface area (Å²) in [6.45, 7) is 0. The zero-order valence-electron chi connectivity index (χ0n) is 20.9. The maximum Gasteiger partial charge on any atom is 0.446 e. The summed E-state index contributed by atoms with van der Waals surface area (Å²) in [6.07, 6.45) is 3.11. The molecule has 202 valence electrons. The number of thioether (sulfide) groups is 1. The molecule has 0 saturated heterocycles. The van der Waals surface area contributed by atoms with Crippen LogP contribution in [0.1, 0.15) is 30.4 Å². The van der Waals surface area contributed by atoms with Gasteiger partial charge >= 0.3 is 5.51 Å². The smallest absolute Gasteiger partial charge is 0.389 e. The molecule has 0 spiro atoms. The van der Waals surface area contributed by atoms with Crippen molar-refractivity contribution in [3.8, 4) is 0 Å². The lowest BCUT2D eigenvalue weighted by Crippen LogP contribution is -2.55. The molecule has 5 nitrogen and oxygen atoms in total. The Labute approximate surface area is 225 Å². The molecule has 3 aromatic rings. The quantitative estimate of drug-likeness (QED) is 0.350. The molecule has 1 fully saturated rings. The van der Waals surface area contributed by atoms with Gasteiger partial charge in [0.15, 0.2) is 0 Å². The predicted molar refractivity (Wildman–Crippen MR) is 146 cm³/mol. The van der Waals surface area contributed by atoms with Gasteiger partial charge in [-0.3, -0.25) is 0 Å². The third-order valence-corrected chi connectivity index (χ3v) is 10.1. The first-order valence-electron chi connectivity index (χ1n) is 12.6. The van der Waals surface area contributed by atoms with Crippen LogP contribution in [0, 0.1) is 0 Å². The summed E-state index contributed by atoms with van der Waals surface area (Å²) in [5.41, 5.74) is 0.175. The maximum absolute atomic E-state index is 13.9. The van der Waals surface area contributed by atoms with Gasteiger partial charge in [0.1, 0.15) is 9.92 Å². The number of hydrogen-bond acceptors (Lipinski definition) is 5. The van der Waals surface area contributed by atoms with Crippen molar-refractivity contribution in [1.29, 1.82) is 0 Å². The van der Waals surface area contributed by atoms with E-state index in [0.717, 1.165) is 37.1 Å². The zero-order valence-corrected chi connectivity index (χ0v) is 22.5. The SMILES string of the molecule is CN=S(=O)(NC1CCCC(N2c3ccccc3CCc3ccccc32)C1O)c1ccc(SC(F)(F)F)cc1. The van der Waals surface area contributed by atoms with Crippen molar-refractivity contribution in [2.45, 2.75) is 65.6 Å². The van der Waals surface area contributed by atoms with E-state index in [9.17, 15) is 22.5 Å². The molecular weight excluding hydrogens is 531 g/mol. The second-order valence-electron chi connectivity index (χ2n) is 9.57. The molecule has 1 saturated carbocycles. The molecule has 0 bridgehead atoms. The van der Waals surface area contributed by atoms with E-state index >= 15 is 0 Å². The van der Waals surface area contributed by atoms with Crippen LogP contribution in [0.15, 0.2) is 87.0 Å². The Morgan fingerprint density at radius 1 is 0.947 bits per heavy atom. The Hall–Kier alpha value is -2.53. The molecule has 38 heavy (non-hydrogen) atoms. The van der Waals surface area contributed by atoms with E-state index in [2.05, 4.69) is 38.3 Å². The summed E-state index contributed by atoms with van der Waals surface area (Å²) < 4.78 is 59.3. The second-order valence-corrected chi connectivity index (χ2v) is 12.8. The first-order valence-corrected chi connectivity index (χ1v) is 14.9. The summed E-state index contributed by atoms with van der Waals surface area (Å²) in [6, 6.07) is 21.2. The highest BCUT2D eigenvalue weighted by Crippen LogP contribution is 2.41. The van der Waals surface area contributed by atoms with Gasteiger partial charge in [0.25, 0.3) is 0 Å². The van der Waals surface area contributed by atoms with Crippen molar-refractivity contribution in [2.24, 2.45) is 4.36 Å². The molecule has 2 aliphatic rings. The first-order chi connectivity index (χ1) is 18.2. The van der Waals surface area contributed by atoms with Gasteiger partial charge < -0.3 is 10.0 Å². The Morgan fingerprint density at radius 2 is 1.53 bits per heavy atom. The number of anilines is 2. The van der Waals surface area contributed by atoms with E-state index in [-0.39, 0.29) is 27.6 Å². The number of nitrogens with zero attached hydrogens (tertiary/aromatic N) is 2. The molecule has 2 N–H and O–H groups in total. The van der Waals surface area contributed by atoms with E-state index in [4.69, 9.17) is 0 Å². The average Bonchev–Trinajstić information content (AvgIpc) is 3.06. The van der Waals surface area contributed by atoms with Gasteiger partial charge in [0.05, 0.1) is 17.0 Å². The molecule has 1 heterocycles. The van der Waals surface area contributed by atoms with E-state index in [1.807, 2.05) is 24.3 Å². The number of aryl methyl sites for hydroxylation is 2. The van der Waals surface area contributed by atoms with Crippen LogP contribution < -0.4 is 9.62 Å². The molecule has 5 rings (SSSR count). The van der Waals surface area contributed by atoms with Gasteiger partial charge in [-0.15, -0.1) is 0 Å². The number of rotatable bonds is 5. The van der Waals surface area contributed by atoms with Gasteiger partial charge in [-0.05, 0) is 91.4 Å². The Kier molecular flexibility index (Phi) is 7.77. The lowest BCUT2D eigenvalue weighted by atomic mass is 9.86. The predicted octanol–water partition coefficient (Wildman–Crippen LogP) is 6.48. The molecule has 4 unspecified atom stereocenters. The summed E-state index contributed by atoms with van der Waals surface area (Å²) in [5.74, 6) is 0. The molecule has 0 aromatic heterocycles. The number of halogens is 3. The van der Waals surface area contributed by atoms with E-state index in [1.54, 1.807) is 0 Å². The Morgan fingerprint density at radius 3 is 2.08 bits per heavy atom. The van der Waals surface area contributed by atoms with Crippen LogP contribution in [0.3, 0.4) is 0 Å². The number of alkyl halides is 3. The first kappa shape index (κ1) is 27.1. The molecular formula is C28H30F3N3O2S2. The maximum atomic E-state index is 13.9. The number of nitrogens with one attached hydrogen (secondary N) is 1. The van der Waals surface area contributed by atoms with Crippen molar-refractivity contribution in [3.63, 3.8) is 0 Å². The van der Waals surface area contributed by atoms with Crippen molar-refractivity contribution in [1.82, 2.24) is 4.72 Å². The molecule has 3 aromatic carbocycles. The summed E-state index contributed by atoms with van der Waals surface area (Å²) >= 11 is -0.219. The standard InChI is InChI=1S/C28H30F3N3O2S2/c1-32-38(36,22-17-15-21(16-18-22)37-28(29,30)31)33-23-9-6-12-26(27(23)35)34-24-10-4-2-7-19(24)13-14-20-8-3-5-11-25(20)34/h2-5,7-8,10-11,15-18,23,26-27,35H,6,9,12-14H2,1H3,(H,32,33,36). The van der Waals surface area contributed by atoms with Crippen LogP contribution >= 0.6 is 11.8 Å². The summed E-state index contributed by atoms with van der Waals surface area (Å²) in [7, 11) is -1.76. The highest BCUT2D eigenvalue weighted by Gasteiger charge is 2.39. The zero-order chi connectivity index (χ0) is 26.9. The number of hydrogen-bond donors (Lipinski definition) is 2. The summed E-state index contributed by atoms with van der Waals surface area (Å²) in [5, 5.41) is 11.7. The Balaban J connectivity index is 1.44. The topological polar surface area (TPSA) is 64.9 Å².